The van der Waals surface area contributed by atoms with Crippen molar-refractivity contribution in [3.63, 3.8) is 0 Å². The number of aryl methyl sites for hydroxylation is 1. The van der Waals surface area contributed by atoms with Crippen LogP contribution in [0.1, 0.15) is 36.3 Å². The molecule has 0 atom stereocenters. The lowest BCUT2D eigenvalue weighted by Crippen LogP contribution is -2.33. The zero-order chi connectivity index (χ0) is 20.5. The summed E-state index contributed by atoms with van der Waals surface area (Å²) in [6.45, 7) is 6.02. The summed E-state index contributed by atoms with van der Waals surface area (Å²) in [6, 6.07) is 0. The van der Waals surface area contributed by atoms with E-state index in [0.29, 0.717) is 13.1 Å². The number of anilines is 1. The van der Waals surface area contributed by atoms with Crippen LogP contribution in [0.4, 0.5) is 5.95 Å². The highest BCUT2D eigenvalue weighted by atomic mass is 15.5. The molecule has 0 saturated heterocycles. The molecule has 0 aromatic carbocycles. The number of fused-ring (bicyclic) bond motifs is 1. The summed E-state index contributed by atoms with van der Waals surface area (Å²) in [4.78, 5) is 12.8. The molecule has 1 aliphatic carbocycles. The van der Waals surface area contributed by atoms with Crippen LogP contribution in [0.25, 0.3) is 5.70 Å². The first-order valence-corrected chi connectivity index (χ1v) is 10.1. The molecular formula is C21H23N9. The van der Waals surface area contributed by atoms with Crippen molar-refractivity contribution >= 4 is 11.6 Å². The van der Waals surface area contributed by atoms with Gasteiger partial charge in [-0.05, 0) is 44.4 Å². The van der Waals surface area contributed by atoms with Crippen molar-refractivity contribution in [2.45, 2.75) is 39.8 Å². The fourth-order valence-electron chi connectivity index (χ4n) is 3.77. The summed E-state index contributed by atoms with van der Waals surface area (Å²) < 4.78 is 2.11. The van der Waals surface area contributed by atoms with E-state index in [2.05, 4.69) is 71.1 Å². The summed E-state index contributed by atoms with van der Waals surface area (Å²) in [6.07, 6.45) is 15.7. The summed E-state index contributed by atoms with van der Waals surface area (Å²) in [5, 5.41) is 17.5. The van der Waals surface area contributed by atoms with Gasteiger partial charge in [-0.25, -0.2) is 9.97 Å². The average Bonchev–Trinajstić information content (AvgIpc) is 3.35. The van der Waals surface area contributed by atoms with Crippen LogP contribution >= 0.6 is 0 Å². The van der Waals surface area contributed by atoms with Gasteiger partial charge in [0.15, 0.2) is 5.82 Å². The molecule has 0 radical (unpaired) electrons. The molecule has 0 amide bonds. The Morgan fingerprint density at radius 1 is 1.07 bits per heavy atom. The minimum absolute atomic E-state index is 0.444. The SMILES string of the molecule is CC1=CC=C(n2c(Cn3nccn3)nnc2N2CCc3cnc(C)nc3C2)C=CC1. The van der Waals surface area contributed by atoms with Crippen molar-refractivity contribution in [1.29, 1.82) is 0 Å². The largest absolute Gasteiger partial charge is 0.334 e. The van der Waals surface area contributed by atoms with Crippen molar-refractivity contribution in [2.24, 2.45) is 0 Å². The topological polar surface area (TPSA) is 90.4 Å². The van der Waals surface area contributed by atoms with E-state index in [9.17, 15) is 0 Å². The second-order valence-corrected chi connectivity index (χ2v) is 7.58. The first-order chi connectivity index (χ1) is 14.7. The van der Waals surface area contributed by atoms with Crippen LogP contribution in [0.15, 0.2) is 48.5 Å². The zero-order valence-electron chi connectivity index (χ0n) is 17.1. The van der Waals surface area contributed by atoms with E-state index in [1.54, 1.807) is 17.2 Å². The Morgan fingerprint density at radius 2 is 1.93 bits per heavy atom. The number of hydrogen-bond donors (Lipinski definition) is 0. The van der Waals surface area contributed by atoms with Gasteiger partial charge in [-0.2, -0.15) is 15.0 Å². The third-order valence-corrected chi connectivity index (χ3v) is 5.34. The second kappa shape index (κ2) is 7.66. The van der Waals surface area contributed by atoms with Crippen LogP contribution in [-0.4, -0.2) is 46.3 Å². The molecule has 2 aliphatic rings. The minimum Gasteiger partial charge on any atom is -0.334 e. The van der Waals surface area contributed by atoms with E-state index in [1.165, 1.54) is 11.1 Å². The molecule has 3 aromatic rings. The summed E-state index contributed by atoms with van der Waals surface area (Å²) >= 11 is 0. The monoisotopic (exact) mass is 401 g/mol. The number of hydrogen-bond acceptors (Lipinski definition) is 7. The van der Waals surface area contributed by atoms with E-state index in [1.807, 2.05) is 13.1 Å². The zero-order valence-corrected chi connectivity index (χ0v) is 17.1. The average molecular weight is 401 g/mol. The molecule has 3 aromatic heterocycles. The molecule has 30 heavy (non-hydrogen) atoms. The standard InChI is InChI=1S/C21H23N9/c1-15-4-3-5-18(7-6-15)30-20(14-29-23-9-10-24-29)26-27-21(30)28-11-8-17-12-22-16(2)25-19(17)13-28/h3,5-7,9-10,12H,4,8,11,13-14H2,1-2H3. The summed E-state index contributed by atoms with van der Waals surface area (Å²) in [5.41, 5.74) is 4.60. The fourth-order valence-corrected chi connectivity index (χ4v) is 3.77. The molecule has 0 unspecified atom stereocenters. The van der Waals surface area contributed by atoms with Gasteiger partial charge in [0.25, 0.3) is 0 Å². The highest BCUT2D eigenvalue weighted by Crippen LogP contribution is 2.27. The summed E-state index contributed by atoms with van der Waals surface area (Å²) in [7, 11) is 0. The predicted molar refractivity (Wildman–Crippen MR) is 112 cm³/mol. The maximum Gasteiger partial charge on any atom is 0.232 e. The molecule has 0 bridgehead atoms. The highest BCUT2D eigenvalue weighted by Gasteiger charge is 2.25. The van der Waals surface area contributed by atoms with Crippen molar-refractivity contribution in [2.75, 3.05) is 11.4 Å². The fraction of sp³-hybridized carbons (Fsp3) is 0.333. The van der Waals surface area contributed by atoms with Crippen molar-refractivity contribution in [3.05, 3.63) is 71.4 Å². The predicted octanol–water partition coefficient (Wildman–Crippen LogP) is 2.33. The Balaban J connectivity index is 1.56. The third-order valence-electron chi connectivity index (χ3n) is 5.34. The van der Waals surface area contributed by atoms with Crippen LogP contribution < -0.4 is 4.90 Å². The molecule has 152 valence electrons. The van der Waals surface area contributed by atoms with Crippen LogP contribution in [0.5, 0.6) is 0 Å². The van der Waals surface area contributed by atoms with Crippen LogP contribution in [0.2, 0.25) is 0 Å². The van der Waals surface area contributed by atoms with Gasteiger partial charge in [0.2, 0.25) is 5.95 Å². The lowest BCUT2D eigenvalue weighted by molar-refractivity contribution is 0.564. The molecule has 9 heteroatoms. The summed E-state index contributed by atoms with van der Waals surface area (Å²) in [5.74, 6) is 2.38. The molecule has 0 N–H and O–H groups in total. The maximum absolute atomic E-state index is 4.65. The molecule has 5 rings (SSSR count). The van der Waals surface area contributed by atoms with Gasteiger partial charge < -0.3 is 4.90 Å². The number of nitrogens with zero attached hydrogens (tertiary/aromatic N) is 9. The lowest BCUT2D eigenvalue weighted by atomic mass is 10.1. The van der Waals surface area contributed by atoms with Crippen LogP contribution in [0, 0.1) is 6.92 Å². The van der Waals surface area contributed by atoms with Gasteiger partial charge in [0, 0.05) is 12.7 Å². The van der Waals surface area contributed by atoms with E-state index in [0.717, 1.165) is 48.4 Å². The Bertz CT molecular complexity index is 1150. The number of allylic oxidation sites excluding steroid dienone is 6. The van der Waals surface area contributed by atoms with Gasteiger partial charge >= 0.3 is 0 Å². The molecule has 0 saturated carbocycles. The Labute approximate surface area is 174 Å². The molecule has 9 nitrogen and oxygen atoms in total. The smallest absolute Gasteiger partial charge is 0.232 e. The molecule has 4 heterocycles. The van der Waals surface area contributed by atoms with E-state index in [-0.39, 0.29) is 0 Å². The second-order valence-electron chi connectivity index (χ2n) is 7.58. The Hall–Kier alpha value is -3.62. The van der Waals surface area contributed by atoms with Gasteiger partial charge in [-0.3, -0.25) is 4.57 Å². The maximum atomic E-state index is 4.65. The first kappa shape index (κ1) is 18.4. The van der Waals surface area contributed by atoms with Gasteiger partial charge in [0.1, 0.15) is 12.4 Å². The van der Waals surface area contributed by atoms with Crippen molar-refractivity contribution in [3.8, 4) is 0 Å². The van der Waals surface area contributed by atoms with E-state index >= 15 is 0 Å². The number of rotatable bonds is 4. The van der Waals surface area contributed by atoms with Crippen LogP contribution in [0.3, 0.4) is 0 Å². The lowest BCUT2D eigenvalue weighted by Gasteiger charge is -2.29. The van der Waals surface area contributed by atoms with Crippen LogP contribution in [-0.2, 0) is 19.5 Å². The third kappa shape index (κ3) is 3.54. The normalized spacial score (nSPS) is 16.1. The van der Waals surface area contributed by atoms with E-state index < -0.39 is 0 Å². The Morgan fingerprint density at radius 3 is 2.80 bits per heavy atom. The first-order valence-electron chi connectivity index (χ1n) is 10.1. The molecule has 0 fully saturated rings. The molecule has 0 spiro atoms. The van der Waals surface area contributed by atoms with Gasteiger partial charge in [0.05, 0.1) is 30.3 Å². The van der Waals surface area contributed by atoms with E-state index in [4.69, 9.17) is 0 Å². The molecular weight excluding hydrogens is 378 g/mol. The van der Waals surface area contributed by atoms with Gasteiger partial charge in [-0.1, -0.05) is 17.7 Å². The van der Waals surface area contributed by atoms with Crippen molar-refractivity contribution in [1.82, 2.24) is 39.7 Å². The van der Waals surface area contributed by atoms with Gasteiger partial charge in [-0.15, -0.1) is 10.2 Å². The Kier molecular flexibility index (Phi) is 4.70. The minimum atomic E-state index is 0.444. The number of aromatic nitrogens is 8. The quantitative estimate of drug-likeness (QED) is 0.663. The highest BCUT2D eigenvalue weighted by molar-refractivity contribution is 5.65. The van der Waals surface area contributed by atoms with Crippen molar-refractivity contribution < 1.29 is 0 Å². The molecule has 1 aliphatic heterocycles.